The summed E-state index contributed by atoms with van der Waals surface area (Å²) in [5, 5.41) is 2.95. The molecule has 0 saturated heterocycles. The number of hydrogen-bond acceptors (Lipinski definition) is 6. The monoisotopic (exact) mass is 611 g/mol. The summed E-state index contributed by atoms with van der Waals surface area (Å²) >= 11 is 1.51. The highest BCUT2D eigenvalue weighted by atomic mass is 32.2. The molecule has 2 amide bonds. The lowest BCUT2D eigenvalue weighted by molar-refractivity contribution is -0.139. The van der Waals surface area contributed by atoms with Crippen LogP contribution in [0.4, 0.5) is 5.69 Å². The van der Waals surface area contributed by atoms with Crippen molar-refractivity contribution in [2.75, 3.05) is 23.7 Å². The van der Waals surface area contributed by atoms with Crippen molar-refractivity contribution >= 4 is 39.3 Å². The molecule has 42 heavy (non-hydrogen) atoms. The summed E-state index contributed by atoms with van der Waals surface area (Å²) in [7, 11) is -4.14. The second-order valence-electron chi connectivity index (χ2n) is 10.1. The smallest absolute Gasteiger partial charge is 0.264 e. The third kappa shape index (κ3) is 8.51. The maximum Gasteiger partial charge on any atom is 0.264 e. The zero-order valence-corrected chi connectivity index (χ0v) is 26.8. The predicted octanol–water partition coefficient (Wildman–Crippen LogP) is 5.64. The molecule has 0 heterocycles. The molecule has 3 aromatic carbocycles. The SMILES string of the molecule is CCOc1ccc(N(CC(=O)N(Cc2ccc(C)cc2)[C@H](C)C(=O)N[C@@H](C)CC)S(=O)(=O)c2ccc(SC)cc2)cc1. The molecular formula is C32H41N3O5S2. The highest BCUT2D eigenvalue weighted by molar-refractivity contribution is 7.98. The van der Waals surface area contributed by atoms with Crippen LogP contribution in [0, 0.1) is 6.92 Å². The Labute approximate surface area is 254 Å². The summed E-state index contributed by atoms with van der Waals surface area (Å²) in [6, 6.07) is 19.9. The molecule has 1 N–H and O–H groups in total. The Balaban J connectivity index is 2.03. The Morgan fingerprint density at radius 1 is 0.929 bits per heavy atom. The fourth-order valence-electron chi connectivity index (χ4n) is 4.22. The fraction of sp³-hybridized carbons (Fsp3) is 0.375. The van der Waals surface area contributed by atoms with Gasteiger partial charge in [-0.2, -0.15) is 0 Å². The molecule has 3 aromatic rings. The first-order valence-corrected chi connectivity index (χ1v) is 16.7. The standard InChI is InChI=1S/C32H41N3O5S2/c1-7-24(4)33-32(37)25(5)34(21-26-11-9-23(3)10-12-26)31(36)22-35(27-13-15-28(16-14-27)40-8-2)42(38,39)30-19-17-29(41-6)18-20-30/h9-20,24-25H,7-8,21-22H2,1-6H3,(H,33,37)/t24-,25+/m0/s1. The molecule has 2 atom stereocenters. The van der Waals surface area contributed by atoms with E-state index in [1.807, 2.05) is 58.2 Å². The van der Waals surface area contributed by atoms with E-state index in [0.29, 0.717) is 18.0 Å². The van der Waals surface area contributed by atoms with Crippen LogP contribution in [0.1, 0.15) is 45.2 Å². The number of carbonyl (C=O) groups is 2. The van der Waals surface area contributed by atoms with Crippen molar-refractivity contribution in [1.29, 1.82) is 0 Å². The summed E-state index contributed by atoms with van der Waals surface area (Å²) in [5.74, 6) is -0.209. The lowest BCUT2D eigenvalue weighted by Gasteiger charge is -2.32. The maximum absolute atomic E-state index is 14.1. The van der Waals surface area contributed by atoms with Gasteiger partial charge in [0.25, 0.3) is 10.0 Å². The quantitative estimate of drug-likeness (QED) is 0.237. The lowest BCUT2D eigenvalue weighted by Crippen LogP contribution is -2.52. The van der Waals surface area contributed by atoms with E-state index in [4.69, 9.17) is 4.74 Å². The Morgan fingerprint density at radius 2 is 1.55 bits per heavy atom. The van der Waals surface area contributed by atoms with E-state index in [2.05, 4.69) is 5.32 Å². The molecule has 0 fully saturated rings. The van der Waals surface area contributed by atoms with Crippen LogP contribution in [0.15, 0.2) is 82.6 Å². The minimum atomic E-state index is -4.14. The number of nitrogens with one attached hydrogen (secondary N) is 1. The van der Waals surface area contributed by atoms with Crippen LogP contribution in [0.2, 0.25) is 0 Å². The van der Waals surface area contributed by atoms with Gasteiger partial charge in [-0.3, -0.25) is 13.9 Å². The fourth-order valence-corrected chi connectivity index (χ4v) is 6.04. The molecule has 0 aliphatic carbocycles. The number of benzene rings is 3. The summed E-state index contributed by atoms with van der Waals surface area (Å²) in [5.41, 5.74) is 2.22. The minimum absolute atomic E-state index is 0.0645. The Hall–Kier alpha value is -3.50. The number of aryl methyl sites for hydroxylation is 1. The molecule has 0 aliphatic heterocycles. The molecule has 0 unspecified atom stereocenters. The maximum atomic E-state index is 14.1. The highest BCUT2D eigenvalue weighted by Crippen LogP contribution is 2.28. The number of carbonyl (C=O) groups excluding carboxylic acids is 2. The lowest BCUT2D eigenvalue weighted by atomic mass is 10.1. The molecule has 0 spiro atoms. The average molecular weight is 612 g/mol. The van der Waals surface area contributed by atoms with Crippen molar-refractivity contribution < 1.29 is 22.7 Å². The topological polar surface area (TPSA) is 96.0 Å². The van der Waals surface area contributed by atoms with Crippen molar-refractivity contribution in [3.8, 4) is 5.75 Å². The molecule has 226 valence electrons. The van der Waals surface area contributed by atoms with Crippen molar-refractivity contribution in [3.63, 3.8) is 0 Å². The second-order valence-corrected chi connectivity index (χ2v) is 12.9. The molecule has 3 rings (SSSR count). The number of ether oxygens (including phenoxy) is 1. The van der Waals surface area contributed by atoms with Crippen molar-refractivity contribution in [1.82, 2.24) is 10.2 Å². The van der Waals surface area contributed by atoms with E-state index in [1.54, 1.807) is 55.5 Å². The molecule has 8 nitrogen and oxygen atoms in total. The van der Waals surface area contributed by atoms with Gasteiger partial charge >= 0.3 is 0 Å². The molecule has 10 heteroatoms. The van der Waals surface area contributed by atoms with Gasteiger partial charge in [0, 0.05) is 17.5 Å². The number of amides is 2. The Bertz CT molecular complexity index is 1430. The largest absolute Gasteiger partial charge is 0.494 e. The number of thioether (sulfide) groups is 1. The van der Waals surface area contributed by atoms with Crippen LogP contribution >= 0.6 is 11.8 Å². The van der Waals surface area contributed by atoms with Gasteiger partial charge in [0.05, 0.1) is 17.2 Å². The first-order valence-electron chi connectivity index (χ1n) is 14.0. The Morgan fingerprint density at radius 3 is 2.10 bits per heavy atom. The summed E-state index contributed by atoms with van der Waals surface area (Å²) in [6.45, 7) is 9.49. The zero-order valence-electron chi connectivity index (χ0n) is 25.2. The van der Waals surface area contributed by atoms with Crippen LogP contribution in [-0.4, -0.2) is 56.6 Å². The summed E-state index contributed by atoms with van der Waals surface area (Å²) in [6.07, 6.45) is 2.65. The number of hydrogen-bond donors (Lipinski definition) is 1. The molecule has 0 aromatic heterocycles. The first-order chi connectivity index (χ1) is 20.0. The van der Waals surface area contributed by atoms with Gasteiger partial charge in [0.15, 0.2) is 0 Å². The van der Waals surface area contributed by atoms with E-state index in [1.165, 1.54) is 16.7 Å². The van der Waals surface area contributed by atoms with Gasteiger partial charge in [0.2, 0.25) is 11.8 Å². The number of nitrogens with zero attached hydrogens (tertiary/aromatic N) is 2. The second kappa shape index (κ2) is 15.1. The van der Waals surface area contributed by atoms with Gasteiger partial charge in [-0.15, -0.1) is 11.8 Å². The Kier molecular flexibility index (Phi) is 11.9. The number of sulfonamides is 1. The van der Waals surface area contributed by atoms with E-state index >= 15 is 0 Å². The molecular weight excluding hydrogens is 571 g/mol. The average Bonchev–Trinajstić information content (AvgIpc) is 2.99. The van der Waals surface area contributed by atoms with Gasteiger partial charge in [0.1, 0.15) is 18.3 Å². The van der Waals surface area contributed by atoms with Crippen molar-refractivity contribution in [2.45, 2.75) is 69.5 Å². The van der Waals surface area contributed by atoms with Gasteiger partial charge < -0.3 is 15.0 Å². The van der Waals surface area contributed by atoms with E-state index in [-0.39, 0.29) is 23.4 Å². The normalized spacial score (nSPS) is 12.7. The van der Waals surface area contributed by atoms with E-state index in [0.717, 1.165) is 26.7 Å². The van der Waals surface area contributed by atoms with Gasteiger partial charge in [-0.05, 0) is 94.5 Å². The van der Waals surface area contributed by atoms with Crippen LogP contribution in [0.3, 0.4) is 0 Å². The van der Waals surface area contributed by atoms with Crippen molar-refractivity contribution in [3.05, 3.63) is 83.9 Å². The third-order valence-corrected chi connectivity index (χ3v) is 9.54. The van der Waals surface area contributed by atoms with Gasteiger partial charge in [-0.25, -0.2) is 8.42 Å². The molecule has 0 bridgehead atoms. The van der Waals surface area contributed by atoms with Crippen LogP contribution in [-0.2, 0) is 26.2 Å². The van der Waals surface area contributed by atoms with Crippen LogP contribution < -0.4 is 14.4 Å². The van der Waals surface area contributed by atoms with E-state index < -0.39 is 28.5 Å². The summed E-state index contributed by atoms with van der Waals surface area (Å²) in [4.78, 5) is 29.7. The minimum Gasteiger partial charge on any atom is -0.494 e. The van der Waals surface area contributed by atoms with Crippen LogP contribution in [0.5, 0.6) is 5.75 Å². The number of rotatable bonds is 14. The third-order valence-electron chi connectivity index (χ3n) is 7.00. The predicted molar refractivity (Wildman–Crippen MR) is 169 cm³/mol. The van der Waals surface area contributed by atoms with Crippen LogP contribution in [0.25, 0.3) is 0 Å². The number of anilines is 1. The highest BCUT2D eigenvalue weighted by Gasteiger charge is 2.32. The first kappa shape index (κ1) is 33.0. The molecule has 0 saturated carbocycles. The molecule has 0 radical (unpaired) electrons. The molecule has 0 aliphatic rings. The zero-order chi connectivity index (χ0) is 30.9. The summed E-state index contributed by atoms with van der Waals surface area (Å²) < 4.78 is 34.7. The van der Waals surface area contributed by atoms with Crippen molar-refractivity contribution in [2.24, 2.45) is 0 Å². The van der Waals surface area contributed by atoms with E-state index in [9.17, 15) is 18.0 Å². The van der Waals surface area contributed by atoms with Gasteiger partial charge in [-0.1, -0.05) is 36.8 Å².